The van der Waals surface area contributed by atoms with E-state index in [1.54, 1.807) is 39.0 Å². The van der Waals surface area contributed by atoms with Gasteiger partial charge >= 0.3 is 11.9 Å². The molecule has 4 unspecified atom stereocenters. The monoisotopic (exact) mass is 1090 g/mol. The molecule has 420 valence electrons. The van der Waals surface area contributed by atoms with Crippen molar-refractivity contribution in [3.05, 3.63) is 134 Å². The first kappa shape index (κ1) is 54.0. The third-order valence-electron chi connectivity index (χ3n) is 17.6. The Morgan fingerprint density at radius 1 is 0.850 bits per heavy atom. The van der Waals surface area contributed by atoms with Crippen molar-refractivity contribution in [3.63, 3.8) is 0 Å². The molecule has 11 atom stereocenters. The zero-order valence-corrected chi connectivity index (χ0v) is 47.0. The maximum atomic E-state index is 16.0. The van der Waals surface area contributed by atoms with E-state index in [2.05, 4.69) is 26.0 Å². The van der Waals surface area contributed by atoms with E-state index in [0.717, 1.165) is 5.57 Å². The first-order valence-electron chi connectivity index (χ1n) is 27.6. The number of rotatable bonds is 12. The molecular formula is C64H68O16. The number of allylic oxidation sites excluding steroid dienone is 5. The molecule has 6 fully saturated rings. The van der Waals surface area contributed by atoms with Gasteiger partial charge in [0.1, 0.15) is 64.3 Å². The van der Waals surface area contributed by atoms with Crippen molar-refractivity contribution in [1.82, 2.24) is 0 Å². The number of hydrogen-bond acceptors (Lipinski definition) is 16. The number of aliphatic hydroxyl groups excluding tert-OH is 2. The number of benzene rings is 3. The lowest BCUT2D eigenvalue weighted by Gasteiger charge is -2.62. The van der Waals surface area contributed by atoms with Crippen LogP contribution in [0.5, 0.6) is 23.0 Å². The van der Waals surface area contributed by atoms with E-state index >= 15 is 9.59 Å². The lowest BCUT2D eigenvalue weighted by atomic mass is 9.45. The highest BCUT2D eigenvalue weighted by Gasteiger charge is 2.84. The number of fused-ring (bicyclic) bond motifs is 6. The number of carbonyl (C=O) groups excluding carboxylic acids is 4. The number of methoxy groups -OCH3 is 1. The molecule has 4 aliphatic carbocycles. The van der Waals surface area contributed by atoms with Gasteiger partial charge < -0.3 is 57.6 Å². The highest BCUT2D eigenvalue weighted by molar-refractivity contribution is 6.22. The van der Waals surface area contributed by atoms with Gasteiger partial charge in [0.25, 0.3) is 0 Å². The molecule has 13 rings (SSSR count). The second-order valence-electron chi connectivity index (χ2n) is 24.3. The Kier molecular flexibility index (Phi) is 12.8. The maximum Gasteiger partial charge on any atom is 0.343 e. The summed E-state index contributed by atoms with van der Waals surface area (Å²) in [6, 6.07) is 13.4. The fourth-order valence-corrected chi connectivity index (χ4v) is 13.8. The molecule has 1 spiro atoms. The largest absolute Gasteiger partial charge is 0.482 e. The summed E-state index contributed by atoms with van der Waals surface area (Å²) < 4.78 is 65.5. The van der Waals surface area contributed by atoms with Gasteiger partial charge in [-0.1, -0.05) is 53.6 Å². The van der Waals surface area contributed by atoms with Crippen LogP contribution >= 0.6 is 0 Å². The summed E-state index contributed by atoms with van der Waals surface area (Å²) in [5.41, 5.74) is 0.621. The Morgan fingerprint density at radius 2 is 1.57 bits per heavy atom. The van der Waals surface area contributed by atoms with Crippen molar-refractivity contribution in [2.24, 2.45) is 17.8 Å². The number of carbonyl (C=O) groups is 4. The molecule has 6 heterocycles. The van der Waals surface area contributed by atoms with E-state index in [1.165, 1.54) is 36.9 Å². The fourth-order valence-electron chi connectivity index (χ4n) is 13.8. The first-order valence-corrected chi connectivity index (χ1v) is 27.6. The van der Waals surface area contributed by atoms with Crippen molar-refractivity contribution in [2.45, 2.75) is 160 Å². The SMILES string of the molecule is COC(=O)/C(C)=C\CC12OC(C)(C)[C@H]3C[C@H](C1=O)C1C4=C(OC5=C1C32Oc1c(CC=C(C)C)c2c(c(OC(=O)c3ccc(O[C@@H]6O[C@@H]7COC(C)(C)O[C@H]7[C@H](O)[C@H]6O)cc3)c15)C=CC(C)(CCC=C(C)C)O2)c1ccccc1C4=O. The van der Waals surface area contributed by atoms with Crippen molar-refractivity contribution >= 4 is 41.1 Å². The van der Waals surface area contributed by atoms with E-state index < -0.39 is 88.6 Å². The van der Waals surface area contributed by atoms with Crippen LogP contribution in [0.3, 0.4) is 0 Å². The molecule has 3 saturated heterocycles. The number of Topliss-reactive ketones (excluding diaryl/α,β-unsaturated/α-hetero) is 2. The predicted octanol–water partition coefficient (Wildman–Crippen LogP) is 9.67. The quantitative estimate of drug-likeness (QED) is 0.0751. The van der Waals surface area contributed by atoms with E-state index in [4.69, 9.17) is 47.4 Å². The molecular weight excluding hydrogens is 1020 g/mol. The standard InChI is InChI=1S/C64H68O16/c1-31(2)15-14-26-62(10)27-25-39-50(78-62)38(23-18-32(3)4)53-45(52(39)76-58(70)34-19-21-35(22-20-34)73-59-49(67)48(66)54-41(74-59)30-72-61(8,9)77-54)55-46-43(44-47(65)36-16-12-13-17-37(36)51(44)75-55)40-29-42-60(6,7)80-63(56(40)68,64(42,46)79-53)28-24-33(5)57(69)71-11/h12-13,15-22,24-25,27,40-43,48-49,54,59,66-67H,14,23,26,28-30H2,1-11H3/b33-24-/t40-,41+,42+,43?,48+,49+,54+,59+,62?,63?,64?/m0/s1. The van der Waals surface area contributed by atoms with Crippen molar-refractivity contribution in [1.29, 1.82) is 0 Å². The van der Waals surface area contributed by atoms with Crippen LogP contribution in [-0.2, 0) is 44.4 Å². The summed E-state index contributed by atoms with van der Waals surface area (Å²) in [5, 5.41) is 22.2. The molecule has 16 heteroatoms. The smallest absolute Gasteiger partial charge is 0.343 e. The Balaban J connectivity index is 1.04. The van der Waals surface area contributed by atoms with Crippen molar-refractivity contribution < 1.29 is 76.8 Å². The molecule has 0 aromatic heterocycles. The van der Waals surface area contributed by atoms with E-state index in [-0.39, 0.29) is 65.2 Å². The Labute approximate surface area is 465 Å². The Bertz CT molecular complexity index is 3380. The number of hydrogen-bond donors (Lipinski definition) is 2. The van der Waals surface area contributed by atoms with Crippen LogP contribution in [0.4, 0.5) is 0 Å². The highest BCUT2D eigenvalue weighted by atomic mass is 16.8. The van der Waals surface area contributed by atoms with Gasteiger partial charge in [-0.2, -0.15) is 0 Å². The minimum atomic E-state index is -1.75. The summed E-state index contributed by atoms with van der Waals surface area (Å²) in [6.45, 7) is 19.2. The van der Waals surface area contributed by atoms with Crippen LogP contribution in [0.1, 0.15) is 138 Å². The molecule has 16 nitrogen and oxygen atoms in total. The van der Waals surface area contributed by atoms with Crippen LogP contribution in [0.2, 0.25) is 0 Å². The summed E-state index contributed by atoms with van der Waals surface area (Å²) >= 11 is 0. The molecule has 80 heavy (non-hydrogen) atoms. The Hall–Kier alpha value is -6.66. The van der Waals surface area contributed by atoms with E-state index in [1.807, 2.05) is 58.9 Å². The lowest BCUT2D eigenvalue weighted by molar-refractivity contribution is -0.373. The topological polar surface area (TPSA) is 201 Å². The maximum absolute atomic E-state index is 16.0. The van der Waals surface area contributed by atoms with E-state index in [9.17, 15) is 19.8 Å². The normalized spacial score (nSPS) is 32.2. The number of ether oxygens (including phenoxy) is 10. The molecule has 0 amide bonds. The predicted molar refractivity (Wildman–Crippen MR) is 291 cm³/mol. The fraction of sp³-hybridized carbons (Fsp3) is 0.469. The van der Waals surface area contributed by atoms with Crippen molar-refractivity contribution in [2.75, 3.05) is 13.7 Å². The molecule has 10 aliphatic rings. The minimum absolute atomic E-state index is 0.0692. The third-order valence-corrected chi connectivity index (χ3v) is 17.6. The molecule has 3 aromatic rings. The van der Waals surface area contributed by atoms with Gasteiger partial charge in [0.15, 0.2) is 34.3 Å². The van der Waals surface area contributed by atoms with Gasteiger partial charge in [-0.05, 0) is 131 Å². The summed E-state index contributed by atoms with van der Waals surface area (Å²) in [6.07, 6.45) is 5.97. The first-order chi connectivity index (χ1) is 37.9. The number of aliphatic hydroxyl groups is 2. The van der Waals surface area contributed by atoms with E-state index in [0.29, 0.717) is 69.7 Å². The minimum Gasteiger partial charge on any atom is -0.482 e. The molecule has 3 saturated carbocycles. The highest BCUT2D eigenvalue weighted by Crippen LogP contribution is 2.75. The second kappa shape index (κ2) is 19.0. The Morgan fingerprint density at radius 3 is 2.29 bits per heavy atom. The third kappa shape index (κ3) is 8.13. The van der Waals surface area contributed by atoms with Crippen LogP contribution in [-0.4, -0.2) is 106 Å². The van der Waals surface area contributed by atoms with Gasteiger partial charge in [0.2, 0.25) is 6.29 Å². The zero-order chi connectivity index (χ0) is 56.7. The van der Waals surface area contributed by atoms with Gasteiger partial charge in [-0.3, -0.25) is 9.59 Å². The summed E-state index contributed by atoms with van der Waals surface area (Å²) in [4.78, 5) is 59.1. The van der Waals surface area contributed by atoms with Gasteiger partial charge in [-0.25, -0.2) is 9.59 Å². The average Bonchev–Trinajstić information content (AvgIpc) is 1.95. The number of esters is 2. The van der Waals surface area contributed by atoms with Crippen LogP contribution in [0.15, 0.2) is 101 Å². The van der Waals surface area contributed by atoms with Gasteiger partial charge in [0.05, 0.1) is 36.0 Å². The van der Waals surface area contributed by atoms with Gasteiger partial charge in [-0.15, -0.1) is 0 Å². The van der Waals surface area contributed by atoms with Crippen LogP contribution in [0, 0.1) is 17.8 Å². The summed E-state index contributed by atoms with van der Waals surface area (Å²) in [5.74, 6) is -3.35. The lowest BCUT2D eigenvalue weighted by Crippen LogP contribution is -2.75. The zero-order valence-electron chi connectivity index (χ0n) is 47.0. The molecule has 2 N–H and O–H groups in total. The summed E-state index contributed by atoms with van der Waals surface area (Å²) in [7, 11) is 1.30. The molecule has 3 aromatic carbocycles. The average molecular weight is 1090 g/mol. The van der Waals surface area contributed by atoms with Gasteiger partial charge in [0, 0.05) is 52.0 Å². The molecule has 6 aliphatic heterocycles. The van der Waals surface area contributed by atoms with Crippen molar-refractivity contribution in [3.8, 4) is 23.0 Å². The molecule has 0 radical (unpaired) electrons. The second-order valence-corrected chi connectivity index (χ2v) is 24.3. The van der Waals surface area contributed by atoms with Crippen LogP contribution < -0.4 is 18.9 Å². The number of ketones is 2. The molecule has 4 bridgehead atoms. The van der Waals surface area contributed by atoms with Crippen LogP contribution in [0.25, 0.3) is 17.6 Å².